The van der Waals surface area contributed by atoms with Gasteiger partial charge in [0, 0.05) is 0 Å². The number of halogens is 1. The number of nitrogens with zero attached hydrogens (tertiary/aromatic N) is 3. The predicted molar refractivity (Wildman–Crippen MR) is 72.3 cm³/mol. The second kappa shape index (κ2) is 5.67. The second-order valence-electron chi connectivity index (χ2n) is 3.70. The topological polar surface area (TPSA) is 68.0 Å². The van der Waals surface area contributed by atoms with E-state index in [1.165, 1.54) is 7.11 Å². The largest absolute Gasteiger partial charge is 0.480 e. The summed E-state index contributed by atoms with van der Waals surface area (Å²) in [6.45, 7) is 1.88. The maximum atomic E-state index is 8.87. The summed E-state index contributed by atoms with van der Waals surface area (Å²) in [5.74, 6) is 0.933. The van der Waals surface area contributed by atoms with Gasteiger partial charge in [-0.1, -0.05) is 6.07 Å². The molecule has 96 valence electrons. The summed E-state index contributed by atoms with van der Waals surface area (Å²) in [5, 5.41) is 8.87. The van der Waals surface area contributed by atoms with Crippen molar-refractivity contribution < 1.29 is 9.47 Å². The Balaban J connectivity index is 2.33. The number of methoxy groups -OCH3 is 1. The summed E-state index contributed by atoms with van der Waals surface area (Å²) in [4.78, 5) is 8.13. The smallest absolute Gasteiger partial charge is 0.325 e. The van der Waals surface area contributed by atoms with E-state index in [1.54, 1.807) is 18.3 Å². The summed E-state index contributed by atoms with van der Waals surface area (Å²) in [6, 6.07) is 7.41. The minimum Gasteiger partial charge on any atom is -0.480 e. The molecule has 6 heteroatoms. The average Bonchev–Trinajstić information content (AvgIpc) is 2.43. The van der Waals surface area contributed by atoms with Gasteiger partial charge in [-0.3, -0.25) is 0 Å². The van der Waals surface area contributed by atoms with Crippen LogP contribution in [0.15, 0.2) is 28.9 Å². The molecule has 0 fully saturated rings. The third kappa shape index (κ3) is 3.01. The minimum atomic E-state index is 0.165. The molecule has 0 atom stereocenters. The zero-order valence-electron chi connectivity index (χ0n) is 10.3. The van der Waals surface area contributed by atoms with Crippen LogP contribution in [0.4, 0.5) is 0 Å². The van der Waals surface area contributed by atoms with E-state index in [0.29, 0.717) is 21.7 Å². The highest BCUT2D eigenvalue weighted by atomic mass is 79.9. The summed E-state index contributed by atoms with van der Waals surface area (Å²) < 4.78 is 11.3. The Morgan fingerprint density at radius 3 is 2.84 bits per heavy atom. The van der Waals surface area contributed by atoms with Crippen LogP contribution in [0, 0.1) is 18.3 Å². The fourth-order valence-corrected chi connectivity index (χ4v) is 1.76. The number of hydrogen-bond donors (Lipinski definition) is 0. The van der Waals surface area contributed by atoms with Gasteiger partial charge in [0.05, 0.1) is 29.4 Å². The average molecular weight is 320 g/mol. The SMILES string of the molecule is COc1nc(Oc2cc(C#N)ccc2C)ncc1Br. The van der Waals surface area contributed by atoms with Crippen molar-refractivity contribution in [3.63, 3.8) is 0 Å². The maximum Gasteiger partial charge on any atom is 0.325 e. The highest BCUT2D eigenvalue weighted by Gasteiger charge is 2.09. The van der Waals surface area contributed by atoms with Crippen LogP contribution >= 0.6 is 15.9 Å². The lowest BCUT2D eigenvalue weighted by molar-refractivity contribution is 0.373. The summed E-state index contributed by atoms with van der Waals surface area (Å²) in [6.07, 6.45) is 1.55. The summed E-state index contributed by atoms with van der Waals surface area (Å²) >= 11 is 3.26. The van der Waals surface area contributed by atoms with Gasteiger partial charge in [-0.05, 0) is 40.5 Å². The lowest BCUT2D eigenvalue weighted by atomic mass is 10.1. The van der Waals surface area contributed by atoms with Crippen LogP contribution in [0.5, 0.6) is 17.6 Å². The molecule has 2 rings (SSSR count). The molecule has 0 amide bonds. The van der Waals surface area contributed by atoms with Gasteiger partial charge >= 0.3 is 6.01 Å². The normalized spacial score (nSPS) is 9.79. The van der Waals surface area contributed by atoms with Gasteiger partial charge in [0.2, 0.25) is 5.88 Å². The first-order chi connectivity index (χ1) is 9.13. The Labute approximate surface area is 119 Å². The van der Waals surface area contributed by atoms with Crippen LogP contribution in [0.1, 0.15) is 11.1 Å². The molecule has 1 aromatic heterocycles. The summed E-state index contributed by atoms with van der Waals surface area (Å²) in [5.41, 5.74) is 1.41. The Morgan fingerprint density at radius 1 is 1.37 bits per heavy atom. The molecule has 0 bridgehead atoms. The molecule has 0 saturated heterocycles. The zero-order valence-corrected chi connectivity index (χ0v) is 11.9. The standard InChI is InChI=1S/C13H10BrN3O2/c1-8-3-4-9(6-15)5-11(8)19-13-16-7-10(14)12(17-13)18-2/h3-5,7H,1-2H3. The van der Waals surface area contributed by atoms with E-state index in [-0.39, 0.29) is 6.01 Å². The third-order valence-corrected chi connectivity index (χ3v) is 2.95. The number of aromatic nitrogens is 2. The molecule has 0 unspecified atom stereocenters. The fourth-order valence-electron chi connectivity index (χ4n) is 1.41. The molecule has 2 aromatic rings. The number of benzene rings is 1. The molecule has 0 saturated carbocycles. The first kappa shape index (κ1) is 13.3. The minimum absolute atomic E-state index is 0.165. The van der Waals surface area contributed by atoms with Crippen molar-refractivity contribution in [2.75, 3.05) is 7.11 Å². The Kier molecular flexibility index (Phi) is 3.97. The predicted octanol–water partition coefficient (Wildman–Crippen LogP) is 3.22. The van der Waals surface area contributed by atoms with Crippen LogP contribution in [-0.4, -0.2) is 17.1 Å². The molecular formula is C13H10BrN3O2. The summed E-state index contributed by atoms with van der Waals surface area (Å²) in [7, 11) is 1.51. The van der Waals surface area contributed by atoms with Crippen molar-refractivity contribution in [2.45, 2.75) is 6.92 Å². The van der Waals surface area contributed by atoms with E-state index in [0.717, 1.165) is 5.56 Å². The van der Waals surface area contributed by atoms with Crippen LogP contribution < -0.4 is 9.47 Å². The van der Waals surface area contributed by atoms with E-state index in [1.807, 2.05) is 13.0 Å². The van der Waals surface area contributed by atoms with Crippen LogP contribution in [0.3, 0.4) is 0 Å². The molecule has 19 heavy (non-hydrogen) atoms. The van der Waals surface area contributed by atoms with Gasteiger partial charge in [-0.25, -0.2) is 4.98 Å². The molecule has 1 heterocycles. The molecule has 0 aliphatic carbocycles. The molecule has 0 aliphatic heterocycles. The maximum absolute atomic E-state index is 8.87. The van der Waals surface area contributed by atoms with E-state index < -0.39 is 0 Å². The Morgan fingerprint density at radius 2 is 2.16 bits per heavy atom. The van der Waals surface area contributed by atoms with Gasteiger partial charge in [0.15, 0.2) is 0 Å². The fraction of sp³-hybridized carbons (Fsp3) is 0.154. The molecule has 0 N–H and O–H groups in total. The second-order valence-corrected chi connectivity index (χ2v) is 4.56. The van der Waals surface area contributed by atoms with Crippen molar-refractivity contribution in [1.82, 2.24) is 9.97 Å². The number of nitriles is 1. The molecule has 1 aromatic carbocycles. The van der Waals surface area contributed by atoms with Gasteiger partial charge in [0.25, 0.3) is 0 Å². The van der Waals surface area contributed by atoms with Gasteiger partial charge in [-0.2, -0.15) is 10.2 Å². The molecule has 0 spiro atoms. The van der Waals surface area contributed by atoms with Gasteiger partial charge < -0.3 is 9.47 Å². The van der Waals surface area contributed by atoms with Crippen molar-refractivity contribution in [3.05, 3.63) is 40.0 Å². The Bertz CT molecular complexity index is 653. The number of hydrogen-bond acceptors (Lipinski definition) is 5. The molecule has 0 radical (unpaired) electrons. The zero-order chi connectivity index (χ0) is 13.8. The number of rotatable bonds is 3. The van der Waals surface area contributed by atoms with Crippen molar-refractivity contribution in [1.29, 1.82) is 5.26 Å². The quantitative estimate of drug-likeness (QED) is 0.868. The van der Waals surface area contributed by atoms with E-state index in [4.69, 9.17) is 14.7 Å². The van der Waals surface area contributed by atoms with E-state index in [9.17, 15) is 0 Å². The molecule has 0 aliphatic rings. The lowest BCUT2D eigenvalue weighted by Crippen LogP contribution is -1.97. The number of ether oxygens (including phenoxy) is 2. The highest BCUT2D eigenvalue weighted by molar-refractivity contribution is 9.10. The van der Waals surface area contributed by atoms with Crippen molar-refractivity contribution in [2.24, 2.45) is 0 Å². The lowest BCUT2D eigenvalue weighted by Gasteiger charge is -2.08. The van der Waals surface area contributed by atoms with E-state index in [2.05, 4.69) is 32.0 Å². The molecular weight excluding hydrogens is 310 g/mol. The molecule has 5 nitrogen and oxygen atoms in total. The first-order valence-electron chi connectivity index (χ1n) is 5.39. The van der Waals surface area contributed by atoms with Crippen LogP contribution in [0.2, 0.25) is 0 Å². The van der Waals surface area contributed by atoms with Crippen molar-refractivity contribution in [3.8, 4) is 23.7 Å². The first-order valence-corrected chi connectivity index (χ1v) is 6.18. The monoisotopic (exact) mass is 319 g/mol. The van der Waals surface area contributed by atoms with Crippen LogP contribution in [-0.2, 0) is 0 Å². The van der Waals surface area contributed by atoms with Crippen molar-refractivity contribution >= 4 is 15.9 Å². The van der Waals surface area contributed by atoms with Gasteiger partial charge in [-0.15, -0.1) is 0 Å². The Hall–Kier alpha value is -2.13. The van der Waals surface area contributed by atoms with Gasteiger partial charge in [0.1, 0.15) is 5.75 Å². The van der Waals surface area contributed by atoms with E-state index >= 15 is 0 Å². The highest BCUT2D eigenvalue weighted by Crippen LogP contribution is 2.27. The number of aryl methyl sites for hydroxylation is 1. The third-order valence-electron chi connectivity index (χ3n) is 2.40. The van der Waals surface area contributed by atoms with Crippen LogP contribution in [0.25, 0.3) is 0 Å².